The first-order valence-corrected chi connectivity index (χ1v) is 23.4. The minimum absolute atomic E-state index is 0.0251. The summed E-state index contributed by atoms with van der Waals surface area (Å²) >= 11 is 0. The lowest BCUT2D eigenvalue weighted by Gasteiger charge is -2.64. The van der Waals surface area contributed by atoms with Crippen LogP contribution in [0.15, 0.2) is 12.2 Å². The van der Waals surface area contributed by atoms with Crippen LogP contribution in [0.4, 0.5) is 0 Å². The molecule has 0 radical (unpaired) electrons. The Hall–Kier alpha value is -1.63. The van der Waals surface area contributed by atoms with Crippen molar-refractivity contribution in [3.63, 3.8) is 0 Å². The average molecular weight is 967 g/mol. The molecule has 4 saturated carbocycles. The van der Waals surface area contributed by atoms with Crippen LogP contribution < -0.4 is 0 Å². The maximum Gasteiger partial charge on any atom is 0.314 e. The second-order valence-electron chi connectivity index (χ2n) is 20.8. The number of ether oxygens (including phenoxy) is 8. The second-order valence-corrected chi connectivity index (χ2v) is 20.8. The molecule has 0 aromatic heterocycles. The van der Waals surface area contributed by atoms with E-state index >= 15 is 0 Å². The maximum absolute atomic E-state index is 14.3. The van der Waals surface area contributed by atoms with Crippen molar-refractivity contribution in [2.24, 2.45) is 28.1 Å². The molecule has 8 rings (SSSR count). The van der Waals surface area contributed by atoms with Gasteiger partial charge in [-0.2, -0.15) is 0 Å². The monoisotopic (exact) mass is 966 g/mol. The van der Waals surface area contributed by atoms with Gasteiger partial charge in [-0.1, -0.05) is 19.9 Å². The molecule has 0 unspecified atom stereocenters. The number of aliphatic hydroxyl groups excluding tert-OH is 14. The highest BCUT2D eigenvalue weighted by Gasteiger charge is 2.70. The number of esters is 1. The van der Waals surface area contributed by atoms with Crippen LogP contribution in [0.3, 0.4) is 0 Å². The summed E-state index contributed by atoms with van der Waals surface area (Å²) in [4.78, 5) is 14.3. The largest absolute Gasteiger partial charge is 0.432 e. The van der Waals surface area contributed by atoms with Gasteiger partial charge in [-0.25, -0.2) is 0 Å². The molecule has 2 bridgehead atoms. The molecular weight excluding hydrogens is 896 g/mol. The topological polar surface area (TPSA) is 374 Å². The first-order valence-electron chi connectivity index (χ1n) is 23.4. The maximum atomic E-state index is 14.3. The zero-order valence-electron chi connectivity index (χ0n) is 37.5. The predicted molar refractivity (Wildman–Crippen MR) is 219 cm³/mol. The van der Waals surface area contributed by atoms with Gasteiger partial charge in [0, 0.05) is 0 Å². The van der Waals surface area contributed by atoms with Gasteiger partial charge in [-0.15, -0.1) is 0 Å². The quantitative estimate of drug-likeness (QED) is 0.0494. The number of fused-ring (bicyclic) bond motifs is 3. The number of carbonyl (C=O) groups excluding carboxylic acids is 1. The number of hydrogen-bond donors (Lipinski definition) is 14. The standard InChI is InChI=1S/C44H70O23/c1-17-11-43-9-5-22-41(2,7-4-8-42(22,3)40(59)66-38-33(58)30(55)26(51)20(14-47)62-38)23(43)6-10-44(17,16-43)67-39-35(65-37-32(57)29(54)25(50)19(13-46)61-37)34(27(52)21(15-48)63-39)64-36-31(56)28(53)24(49)18(12-45)60-36/h18-39,45-58H,1,4-16H2,2-3H3/t18-,19-,20-,21-,22-,23+,24-,25-,26-,27-,28+,29+,30+,31-,32-,33-,34+,35-,36+,37+,38+,39+,41-,42-,43-,44+/m1/s1. The van der Waals surface area contributed by atoms with E-state index in [0.717, 1.165) is 6.42 Å². The molecule has 67 heavy (non-hydrogen) atoms. The van der Waals surface area contributed by atoms with E-state index in [1.807, 2.05) is 6.92 Å². The molecule has 23 nitrogen and oxygen atoms in total. The number of hydrogen-bond acceptors (Lipinski definition) is 23. The van der Waals surface area contributed by atoms with E-state index < -0.39 is 177 Å². The highest BCUT2D eigenvalue weighted by atomic mass is 16.8. The van der Waals surface area contributed by atoms with Crippen LogP contribution in [-0.4, -0.2) is 232 Å². The summed E-state index contributed by atoms with van der Waals surface area (Å²) in [7, 11) is 0. The predicted octanol–water partition coefficient (Wildman–Crippen LogP) is -5.11. The van der Waals surface area contributed by atoms with Crippen LogP contribution in [0.25, 0.3) is 0 Å². The highest BCUT2D eigenvalue weighted by molar-refractivity contribution is 5.77. The molecule has 4 saturated heterocycles. The Morgan fingerprint density at radius 1 is 0.567 bits per heavy atom. The third kappa shape index (κ3) is 8.63. The molecule has 4 aliphatic heterocycles. The van der Waals surface area contributed by atoms with Gasteiger partial charge in [-0.05, 0) is 86.5 Å². The van der Waals surface area contributed by atoms with Crippen LogP contribution in [0.1, 0.15) is 71.6 Å². The van der Waals surface area contributed by atoms with E-state index in [9.17, 15) is 76.3 Å². The van der Waals surface area contributed by atoms with E-state index in [0.29, 0.717) is 56.9 Å². The SMILES string of the molecule is C=C1C[C@@]23CC[C@@H]4[C@@](C)(CCC[C@@]4(C)C(=O)O[C@@H]4O[C@H](CO)[C@@H](O)[C@H](O)[C@H]4O)[C@@H]2CC[C@]1(O[C@@H]1O[C@H](CO)[C@@H](O)[C@H](O[C@@H]2O[C@H](CO)[C@@H](O)[C@H](O)[C@H]2O)[C@H]1O[C@@H]1O[C@H](CO)[C@@H](O)[C@H](O)[C@H]1O)C3. The van der Waals surface area contributed by atoms with Gasteiger partial charge in [0.2, 0.25) is 6.29 Å². The van der Waals surface area contributed by atoms with Crippen molar-refractivity contribution in [1.29, 1.82) is 0 Å². The molecule has 14 N–H and O–H groups in total. The molecule has 0 amide bonds. The smallest absolute Gasteiger partial charge is 0.314 e. The first-order chi connectivity index (χ1) is 31.6. The summed E-state index contributed by atoms with van der Waals surface area (Å²) in [6, 6.07) is 0. The molecule has 384 valence electrons. The molecular formula is C44H70O23. The van der Waals surface area contributed by atoms with E-state index in [4.69, 9.17) is 37.9 Å². The summed E-state index contributed by atoms with van der Waals surface area (Å²) in [6.45, 7) is 5.41. The van der Waals surface area contributed by atoms with Gasteiger partial charge in [0.05, 0.1) is 37.4 Å². The van der Waals surface area contributed by atoms with Gasteiger partial charge >= 0.3 is 5.97 Å². The third-order valence-corrected chi connectivity index (χ3v) is 17.1. The minimum Gasteiger partial charge on any atom is -0.432 e. The molecule has 0 aromatic rings. The Balaban J connectivity index is 1.06. The molecule has 4 heterocycles. The van der Waals surface area contributed by atoms with Gasteiger partial charge in [0.25, 0.3) is 0 Å². The van der Waals surface area contributed by atoms with Gasteiger partial charge in [-0.3, -0.25) is 4.79 Å². The second kappa shape index (κ2) is 19.4. The Kier molecular flexibility index (Phi) is 15.0. The van der Waals surface area contributed by atoms with Crippen molar-refractivity contribution in [3.8, 4) is 0 Å². The van der Waals surface area contributed by atoms with Crippen LogP contribution in [-0.2, 0) is 42.7 Å². The zero-order chi connectivity index (χ0) is 48.7. The van der Waals surface area contributed by atoms with E-state index in [1.165, 1.54) is 0 Å². The summed E-state index contributed by atoms with van der Waals surface area (Å²) < 4.78 is 48.2. The summed E-state index contributed by atoms with van der Waals surface area (Å²) in [5, 5.41) is 148. The van der Waals surface area contributed by atoms with Crippen LogP contribution in [0, 0.1) is 28.1 Å². The van der Waals surface area contributed by atoms with Crippen LogP contribution >= 0.6 is 0 Å². The third-order valence-electron chi connectivity index (χ3n) is 17.1. The number of aliphatic hydroxyl groups is 14. The zero-order valence-corrected chi connectivity index (χ0v) is 37.5. The molecule has 1 spiro atoms. The van der Waals surface area contributed by atoms with Crippen molar-refractivity contribution in [2.75, 3.05) is 26.4 Å². The molecule has 8 fully saturated rings. The van der Waals surface area contributed by atoms with Crippen molar-refractivity contribution in [1.82, 2.24) is 0 Å². The molecule has 0 aromatic carbocycles. The first kappa shape index (κ1) is 51.7. The summed E-state index contributed by atoms with van der Waals surface area (Å²) in [5.41, 5.74) is -2.33. The van der Waals surface area contributed by atoms with Crippen LogP contribution in [0.2, 0.25) is 0 Å². The lowest BCUT2D eigenvalue weighted by atomic mass is 9.41. The van der Waals surface area contributed by atoms with E-state index in [-0.39, 0.29) is 11.8 Å². The van der Waals surface area contributed by atoms with E-state index in [1.54, 1.807) is 0 Å². The minimum atomic E-state index is -1.95. The van der Waals surface area contributed by atoms with Crippen molar-refractivity contribution in [3.05, 3.63) is 12.2 Å². The Bertz CT molecular complexity index is 1760. The Morgan fingerprint density at radius 2 is 1.03 bits per heavy atom. The molecule has 8 aliphatic rings. The fraction of sp³-hybridized carbons (Fsp3) is 0.932. The average Bonchev–Trinajstić information content (AvgIpc) is 3.50. The number of carbonyl (C=O) groups is 1. The lowest BCUT2D eigenvalue weighted by Crippen LogP contribution is -2.68. The molecule has 23 heteroatoms. The number of rotatable bonds is 12. The van der Waals surface area contributed by atoms with Gasteiger partial charge < -0.3 is 109 Å². The highest BCUT2D eigenvalue weighted by Crippen LogP contribution is 2.74. The fourth-order valence-electron chi connectivity index (χ4n) is 13.5. The van der Waals surface area contributed by atoms with Crippen molar-refractivity contribution < 1.29 is 114 Å². The van der Waals surface area contributed by atoms with Crippen molar-refractivity contribution in [2.45, 2.75) is 200 Å². The Morgan fingerprint density at radius 3 is 1.57 bits per heavy atom. The fourth-order valence-corrected chi connectivity index (χ4v) is 13.5. The lowest BCUT2D eigenvalue weighted by molar-refractivity contribution is -0.400. The molecule has 26 atom stereocenters. The van der Waals surface area contributed by atoms with Crippen molar-refractivity contribution >= 4 is 5.97 Å². The van der Waals surface area contributed by atoms with E-state index in [2.05, 4.69) is 13.5 Å². The summed E-state index contributed by atoms with van der Waals surface area (Å²) in [5.74, 6) is -0.805. The Labute approximate surface area is 386 Å². The van der Waals surface area contributed by atoms with Gasteiger partial charge in [0.15, 0.2) is 18.9 Å². The molecule has 4 aliphatic carbocycles. The normalized spacial score (nSPS) is 54.5. The summed E-state index contributed by atoms with van der Waals surface area (Å²) in [6.07, 6.45) is -29.1. The van der Waals surface area contributed by atoms with Gasteiger partial charge in [0.1, 0.15) is 97.7 Å². The van der Waals surface area contributed by atoms with Crippen LogP contribution in [0.5, 0.6) is 0 Å².